The Labute approximate surface area is 207 Å². The molecule has 0 aliphatic rings. The van der Waals surface area contributed by atoms with Gasteiger partial charge in [-0.1, -0.05) is 30.3 Å². The highest BCUT2D eigenvalue weighted by Crippen LogP contribution is 2.19. The van der Waals surface area contributed by atoms with Gasteiger partial charge in [-0.15, -0.1) is 11.3 Å². The van der Waals surface area contributed by atoms with Gasteiger partial charge < -0.3 is 15.2 Å². The molecule has 3 aromatic heterocycles. The van der Waals surface area contributed by atoms with E-state index in [0.717, 1.165) is 21.4 Å². The van der Waals surface area contributed by atoms with Crippen LogP contribution in [0.4, 0.5) is 0 Å². The molecular formula is C27H27N5O2S. The van der Waals surface area contributed by atoms with Crippen LogP contribution in [0.25, 0.3) is 15.9 Å². The van der Waals surface area contributed by atoms with Gasteiger partial charge in [0.15, 0.2) is 4.96 Å². The molecule has 7 nitrogen and oxygen atoms in total. The van der Waals surface area contributed by atoms with Crippen LogP contribution in [0.5, 0.6) is 0 Å². The van der Waals surface area contributed by atoms with Gasteiger partial charge in [0, 0.05) is 53.9 Å². The van der Waals surface area contributed by atoms with Gasteiger partial charge in [-0.05, 0) is 49.6 Å². The molecule has 0 bridgehead atoms. The van der Waals surface area contributed by atoms with Gasteiger partial charge in [-0.2, -0.15) is 0 Å². The molecule has 5 aromatic rings. The van der Waals surface area contributed by atoms with Gasteiger partial charge in [0.25, 0.3) is 11.8 Å². The van der Waals surface area contributed by atoms with E-state index in [1.54, 1.807) is 4.90 Å². The van der Waals surface area contributed by atoms with Crippen molar-refractivity contribution in [3.8, 4) is 0 Å². The van der Waals surface area contributed by atoms with Crippen LogP contribution in [0.3, 0.4) is 0 Å². The van der Waals surface area contributed by atoms with Crippen LogP contribution in [0.1, 0.15) is 38.5 Å². The second-order valence-electron chi connectivity index (χ2n) is 8.69. The number of aryl methyl sites for hydroxylation is 1. The third kappa shape index (κ3) is 4.70. The summed E-state index contributed by atoms with van der Waals surface area (Å²) in [7, 11) is 1.84. The Morgan fingerprint density at radius 1 is 1.17 bits per heavy atom. The van der Waals surface area contributed by atoms with E-state index in [1.807, 2.05) is 78.6 Å². The molecule has 2 N–H and O–H groups in total. The number of carbonyl (C=O) groups is 2. The summed E-state index contributed by atoms with van der Waals surface area (Å²) < 4.78 is 1.82. The highest BCUT2D eigenvalue weighted by molar-refractivity contribution is 7.15. The van der Waals surface area contributed by atoms with E-state index in [1.165, 1.54) is 11.3 Å². The number of nitrogens with one attached hydrogen (secondary N) is 2. The van der Waals surface area contributed by atoms with Crippen molar-refractivity contribution in [2.24, 2.45) is 0 Å². The zero-order chi connectivity index (χ0) is 24.4. The largest absolute Gasteiger partial charge is 0.361 e. The smallest absolute Gasteiger partial charge is 0.270 e. The minimum atomic E-state index is -0.154. The SMILES string of the molecule is Cc1nc2sccn2c1C(=O)NCCC(Cc1ccccc1)N(C)C(=O)c1ccc2[nH]ccc2c1. The summed E-state index contributed by atoms with van der Waals surface area (Å²) in [5, 5.41) is 5.96. The average Bonchev–Trinajstić information content (AvgIpc) is 3.58. The lowest BCUT2D eigenvalue weighted by atomic mass is 10.0. The Morgan fingerprint density at radius 3 is 2.83 bits per heavy atom. The van der Waals surface area contributed by atoms with Gasteiger partial charge in [-0.3, -0.25) is 14.0 Å². The quantitative estimate of drug-likeness (QED) is 0.335. The van der Waals surface area contributed by atoms with Crippen LogP contribution in [-0.2, 0) is 6.42 Å². The van der Waals surface area contributed by atoms with Gasteiger partial charge in [0.2, 0.25) is 0 Å². The number of hydrogen-bond donors (Lipinski definition) is 2. The van der Waals surface area contributed by atoms with Gasteiger partial charge in [0.05, 0.1) is 5.69 Å². The van der Waals surface area contributed by atoms with Crippen molar-refractivity contribution >= 4 is 39.0 Å². The number of hydrogen-bond acceptors (Lipinski definition) is 4. The predicted molar refractivity (Wildman–Crippen MR) is 139 cm³/mol. The lowest BCUT2D eigenvalue weighted by molar-refractivity contribution is 0.0723. The number of likely N-dealkylation sites (N-methyl/N-ethyl adjacent to an activating group) is 1. The fraction of sp³-hybridized carbons (Fsp3) is 0.222. The normalized spacial score (nSPS) is 12.2. The van der Waals surface area contributed by atoms with E-state index >= 15 is 0 Å². The van der Waals surface area contributed by atoms with Crippen molar-refractivity contribution in [3.63, 3.8) is 0 Å². The maximum Gasteiger partial charge on any atom is 0.270 e. The first-order chi connectivity index (χ1) is 17.0. The molecule has 2 amide bonds. The Hall–Kier alpha value is -3.91. The van der Waals surface area contributed by atoms with Crippen LogP contribution >= 0.6 is 11.3 Å². The molecule has 3 heterocycles. The highest BCUT2D eigenvalue weighted by atomic mass is 32.1. The maximum atomic E-state index is 13.4. The molecule has 0 saturated carbocycles. The van der Waals surface area contributed by atoms with Crippen molar-refractivity contribution in [2.75, 3.05) is 13.6 Å². The van der Waals surface area contributed by atoms with Gasteiger partial charge in [-0.25, -0.2) is 4.98 Å². The fourth-order valence-electron chi connectivity index (χ4n) is 4.48. The van der Waals surface area contributed by atoms with Crippen LogP contribution in [0.2, 0.25) is 0 Å². The number of benzene rings is 2. The second-order valence-corrected chi connectivity index (χ2v) is 9.56. The monoisotopic (exact) mass is 485 g/mol. The number of H-pyrrole nitrogens is 1. The standard InChI is InChI=1S/C27H27N5O2S/c1-18-24(32-14-15-35-27(32)30-18)25(33)29-13-11-22(16-19-6-4-3-5-7-19)31(2)26(34)21-8-9-23-20(17-21)10-12-28-23/h3-10,12,14-15,17,22,28H,11,13,16H2,1-2H3,(H,29,33). The van der Waals surface area contributed by atoms with E-state index in [0.29, 0.717) is 36.3 Å². The number of rotatable bonds is 8. The third-order valence-electron chi connectivity index (χ3n) is 6.40. The first-order valence-corrected chi connectivity index (χ1v) is 12.5. The zero-order valence-electron chi connectivity index (χ0n) is 19.7. The molecule has 0 saturated heterocycles. The number of fused-ring (bicyclic) bond motifs is 2. The van der Waals surface area contributed by atoms with Crippen molar-refractivity contribution in [2.45, 2.75) is 25.8 Å². The summed E-state index contributed by atoms with van der Waals surface area (Å²) in [5.74, 6) is -0.189. The Morgan fingerprint density at radius 2 is 2.00 bits per heavy atom. The lowest BCUT2D eigenvalue weighted by Crippen LogP contribution is -2.41. The molecule has 5 rings (SSSR count). The van der Waals surface area contributed by atoms with Crippen molar-refractivity contribution < 1.29 is 9.59 Å². The first-order valence-electron chi connectivity index (χ1n) is 11.6. The molecule has 1 unspecified atom stereocenters. The molecule has 2 aromatic carbocycles. The van der Waals surface area contributed by atoms with Crippen LogP contribution in [0, 0.1) is 6.92 Å². The number of aromatic amines is 1. The molecule has 0 aliphatic heterocycles. The average molecular weight is 486 g/mol. The summed E-state index contributed by atoms with van der Waals surface area (Å²) in [6.45, 7) is 2.29. The maximum absolute atomic E-state index is 13.4. The van der Waals surface area contributed by atoms with Gasteiger partial charge in [0.1, 0.15) is 5.69 Å². The van der Waals surface area contributed by atoms with Crippen LogP contribution < -0.4 is 5.32 Å². The van der Waals surface area contributed by atoms with E-state index < -0.39 is 0 Å². The number of carbonyl (C=O) groups excluding carboxylic acids is 2. The molecule has 0 radical (unpaired) electrons. The Balaban J connectivity index is 1.31. The zero-order valence-corrected chi connectivity index (χ0v) is 20.5. The number of amides is 2. The number of nitrogens with zero attached hydrogens (tertiary/aromatic N) is 3. The Kier molecular flexibility index (Phi) is 6.37. The van der Waals surface area contributed by atoms with Crippen molar-refractivity contribution in [3.05, 3.63) is 94.9 Å². The van der Waals surface area contributed by atoms with E-state index in [9.17, 15) is 9.59 Å². The van der Waals surface area contributed by atoms with E-state index in [4.69, 9.17) is 0 Å². The van der Waals surface area contributed by atoms with E-state index in [-0.39, 0.29) is 17.9 Å². The molecule has 0 spiro atoms. The summed E-state index contributed by atoms with van der Waals surface area (Å²) in [5.41, 5.74) is 4.07. The topological polar surface area (TPSA) is 82.5 Å². The summed E-state index contributed by atoms with van der Waals surface area (Å²) in [6, 6.07) is 17.7. The summed E-state index contributed by atoms with van der Waals surface area (Å²) in [6.07, 6.45) is 5.06. The molecule has 8 heteroatoms. The molecular weight excluding hydrogens is 458 g/mol. The molecule has 1 atom stereocenters. The minimum Gasteiger partial charge on any atom is -0.361 e. The highest BCUT2D eigenvalue weighted by Gasteiger charge is 2.23. The fourth-order valence-corrected chi connectivity index (χ4v) is 5.24. The molecule has 178 valence electrons. The predicted octanol–water partition coefficient (Wildman–Crippen LogP) is 4.69. The van der Waals surface area contributed by atoms with Crippen molar-refractivity contribution in [1.29, 1.82) is 0 Å². The molecule has 0 aliphatic carbocycles. The minimum absolute atomic E-state index is 0.0352. The molecule has 35 heavy (non-hydrogen) atoms. The van der Waals surface area contributed by atoms with Crippen molar-refractivity contribution in [1.82, 2.24) is 24.6 Å². The third-order valence-corrected chi connectivity index (χ3v) is 7.15. The lowest BCUT2D eigenvalue weighted by Gasteiger charge is -2.29. The summed E-state index contributed by atoms with van der Waals surface area (Å²) in [4.78, 5) is 36.6. The number of aromatic nitrogens is 3. The Bertz CT molecular complexity index is 1480. The second kappa shape index (κ2) is 9.76. The molecule has 0 fully saturated rings. The van der Waals surface area contributed by atoms with Crippen LogP contribution in [0.15, 0.2) is 72.4 Å². The van der Waals surface area contributed by atoms with Crippen LogP contribution in [-0.4, -0.2) is 50.7 Å². The first kappa shape index (κ1) is 22.9. The van der Waals surface area contributed by atoms with E-state index in [2.05, 4.69) is 27.4 Å². The number of thiazole rings is 1. The number of imidazole rings is 1. The summed E-state index contributed by atoms with van der Waals surface area (Å²) >= 11 is 1.50. The van der Waals surface area contributed by atoms with Gasteiger partial charge >= 0.3 is 0 Å².